The molecule has 3 nitrogen and oxygen atoms in total. The lowest BCUT2D eigenvalue weighted by molar-refractivity contribution is -0.146. The molecule has 1 heterocycles. The van der Waals surface area contributed by atoms with E-state index in [2.05, 4.69) is 15.9 Å². The van der Waals surface area contributed by atoms with Crippen LogP contribution in [0.3, 0.4) is 0 Å². The molecule has 1 fully saturated rings. The van der Waals surface area contributed by atoms with Crippen molar-refractivity contribution in [1.82, 2.24) is 4.90 Å². The number of rotatable bonds is 3. The Labute approximate surface area is 88.6 Å². The maximum absolute atomic E-state index is 12.1. The van der Waals surface area contributed by atoms with Crippen molar-refractivity contribution in [3.8, 4) is 0 Å². The number of halogens is 3. The molecule has 1 amide bonds. The van der Waals surface area contributed by atoms with Gasteiger partial charge in [-0.3, -0.25) is 9.59 Å². The predicted octanol–water partition coefficient (Wildman–Crippen LogP) is 1.21. The Morgan fingerprint density at radius 1 is 1.50 bits per heavy atom. The van der Waals surface area contributed by atoms with Crippen LogP contribution in [0.15, 0.2) is 0 Å². The third-order valence-corrected chi connectivity index (χ3v) is 2.78. The van der Waals surface area contributed by atoms with Gasteiger partial charge in [-0.25, -0.2) is 0 Å². The summed E-state index contributed by atoms with van der Waals surface area (Å²) >= 11 is 2.96. The summed E-state index contributed by atoms with van der Waals surface area (Å²) in [6, 6.07) is -0.657. The third-order valence-electron chi connectivity index (χ3n) is 2.23. The molecule has 1 atom stereocenters. The van der Waals surface area contributed by atoms with Gasteiger partial charge >= 0.3 is 6.43 Å². The number of hydrogen-bond donors (Lipinski definition) is 0. The molecule has 0 aromatic carbocycles. The summed E-state index contributed by atoms with van der Waals surface area (Å²) in [6.07, 6.45) is -1.91. The Balaban J connectivity index is 2.68. The van der Waals surface area contributed by atoms with E-state index < -0.39 is 18.4 Å². The topological polar surface area (TPSA) is 37.4 Å². The second-order valence-electron chi connectivity index (χ2n) is 3.09. The van der Waals surface area contributed by atoms with E-state index in [-0.39, 0.29) is 17.7 Å². The number of Topliss-reactive ketones (excluding diaryl/α,β-unsaturated/α-hetero) is 1. The molecule has 80 valence electrons. The Bertz CT molecular complexity index is 247. The summed E-state index contributed by atoms with van der Waals surface area (Å²) in [5, 5.41) is 0.102. The van der Waals surface area contributed by atoms with Crippen LogP contribution in [0.4, 0.5) is 8.78 Å². The van der Waals surface area contributed by atoms with Crippen LogP contribution >= 0.6 is 15.9 Å². The van der Waals surface area contributed by atoms with Gasteiger partial charge in [0.25, 0.3) is 5.91 Å². The first-order chi connectivity index (χ1) is 6.57. The third kappa shape index (κ3) is 2.29. The van der Waals surface area contributed by atoms with Crippen LogP contribution in [0.5, 0.6) is 0 Å². The maximum Gasteiger partial charge on any atom is 0.315 e. The van der Waals surface area contributed by atoms with E-state index in [0.717, 1.165) is 4.90 Å². The first-order valence-corrected chi connectivity index (χ1v) is 5.37. The lowest BCUT2D eigenvalue weighted by Crippen LogP contribution is -2.43. The number of nitrogens with zero attached hydrogens (tertiary/aromatic N) is 1. The van der Waals surface area contributed by atoms with Gasteiger partial charge in [0.2, 0.25) is 0 Å². The largest absolute Gasteiger partial charge is 0.328 e. The summed E-state index contributed by atoms with van der Waals surface area (Å²) in [5.41, 5.74) is 0. The van der Waals surface area contributed by atoms with Crippen molar-refractivity contribution in [2.75, 3.05) is 11.9 Å². The molecular formula is C8H10BrF2NO2. The van der Waals surface area contributed by atoms with E-state index >= 15 is 0 Å². The van der Waals surface area contributed by atoms with Crippen molar-refractivity contribution in [2.24, 2.45) is 0 Å². The number of alkyl halides is 3. The van der Waals surface area contributed by atoms with Crippen molar-refractivity contribution in [1.29, 1.82) is 0 Å². The van der Waals surface area contributed by atoms with Gasteiger partial charge in [0, 0.05) is 6.54 Å². The Hall–Kier alpha value is -0.520. The van der Waals surface area contributed by atoms with E-state index in [1.165, 1.54) is 0 Å². The maximum atomic E-state index is 12.1. The van der Waals surface area contributed by atoms with Gasteiger partial charge in [0.1, 0.15) is 0 Å². The molecule has 0 radical (unpaired) electrons. The standard InChI is InChI=1S/C8H10BrF2NO2/c9-4-6(13)5-2-1-3-12(5)8(14)7(10)11/h5,7H,1-4H2. The minimum absolute atomic E-state index is 0.102. The van der Waals surface area contributed by atoms with Crippen LogP contribution in [0.1, 0.15) is 12.8 Å². The number of amides is 1. The summed E-state index contributed by atoms with van der Waals surface area (Å²) in [4.78, 5) is 23.2. The Kier molecular flexibility index (Phi) is 3.97. The molecule has 0 bridgehead atoms. The Morgan fingerprint density at radius 2 is 2.14 bits per heavy atom. The molecule has 0 aliphatic carbocycles. The van der Waals surface area contributed by atoms with Crippen LogP contribution in [0.25, 0.3) is 0 Å². The van der Waals surface area contributed by atoms with E-state index in [0.29, 0.717) is 12.8 Å². The number of carbonyl (C=O) groups is 2. The quantitative estimate of drug-likeness (QED) is 0.723. The van der Waals surface area contributed by atoms with Crippen molar-refractivity contribution in [2.45, 2.75) is 25.3 Å². The zero-order valence-corrected chi connectivity index (χ0v) is 8.97. The van der Waals surface area contributed by atoms with Crippen molar-refractivity contribution in [3.05, 3.63) is 0 Å². The molecular weight excluding hydrogens is 260 g/mol. The van der Waals surface area contributed by atoms with Crippen LogP contribution in [0.2, 0.25) is 0 Å². The summed E-state index contributed by atoms with van der Waals surface area (Å²) < 4.78 is 24.2. The highest BCUT2D eigenvalue weighted by atomic mass is 79.9. The number of likely N-dealkylation sites (tertiary alicyclic amines) is 1. The lowest BCUT2D eigenvalue weighted by atomic mass is 10.1. The monoisotopic (exact) mass is 269 g/mol. The molecule has 0 spiro atoms. The van der Waals surface area contributed by atoms with Crippen LogP contribution < -0.4 is 0 Å². The molecule has 0 N–H and O–H groups in total. The van der Waals surface area contributed by atoms with Gasteiger partial charge in [-0.1, -0.05) is 15.9 Å². The summed E-state index contributed by atoms with van der Waals surface area (Å²) in [6.45, 7) is 0.257. The predicted molar refractivity (Wildman–Crippen MR) is 49.5 cm³/mol. The molecule has 14 heavy (non-hydrogen) atoms. The average molecular weight is 270 g/mol. The number of carbonyl (C=O) groups excluding carboxylic acids is 2. The van der Waals surface area contributed by atoms with Crippen molar-refractivity contribution in [3.63, 3.8) is 0 Å². The van der Waals surface area contributed by atoms with Crippen molar-refractivity contribution < 1.29 is 18.4 Å². The molecule has 1 unspecified atom stereocenters. The minimum atomic E-state index is -3.02. The molecule has 0 aromatic heterocycles. The fraction of sp³-hybridized carbons (Fsp3) is 0.750. The highest BCUT2D eigenvalue weighted by Gasteiger charge is 2.36. The van der Waals surface area contributed by atoms with E-state index in [9.17, 15) is 18.4 Å². The van der Waals surface area contributed by atoms with E-state index in [4.69, 9.17) is 0 Å². The smallest absolute Gasteiger partial charge is 0.315 e. The molecule has 1 aliphatic rings. The summed E-state index contributed by atoms with van der Waals surface area (Å²) in [7, 11) is 0. The number of hydrogen-bond acceptors (Lipinski definition) is 2. The second kappa shape index (κ2) is 4.82. The number of ketones is 1. The van der Waals surface area contributed by atoms with Gasteiger partial charge < -0.3 is 4.90 Å². The molecule has 0 saturated carbocycles. The van der Waals surface area contributed by atoms with Gasteiger partial charge in [-0.15, -0.1) is 0 Å². The van der Waals surface area contributed by atoms with Gasteiger partial charge in [-0.2, -0.15) is 8.78 Å². The van der Waals surface area contributed by atoms with Gasteiger partial charge in [0.15, 0.2) is 5.78 Å². The fourth-order valence-corrected chi connectivity index (χ4v) is 1.95. The van der Waals surface area contributed by atoms with Gasteiger partial charge in [-0.05, 0) is 12.8 Å². The Morgan fingerprint density at radius 3 is 2.64 bits per heavy atom. The normalized spacial score (nSPS) is 21.7. The first kappa shape index (κ1) is 11.6. The fourth-order valence-electron chi connectivity index (χ4n) is 1.58. The molecule has 1 rings (SSSR count). The molecule has 0 aromatic rings. The van der Waals surface area contributed by atoms with E-state index in [1.54, 1.807) is 0 Å². The van der Waals surface area contributed by atoms with E-state index in [1.807, 2.05) is 0 Å². The highest BCUT2D eigenvalue weighted by Crippen LogP contribution is 2.20. The lowest BCUT2D eigenvalue weighted by Gasteiger charge is -2.22. The van der Waals surface area contributed by atoms with Crippen LogP contribution in [-0.2, 0) is 9.59 Å². The van der Waals surface area contributed by atoms with Gasteiger partial charge in [0.05, 0.1) is 11.4 Å². The van der Waals surface area contributed by atoms with Crippen molar-refractivity contribution >= 4 is 27.6 Å². The van der Waals surface area contributed by atoms with Crippen LogP contribution in [-0.4, -0.2) is 40.9 Å². The molecule has 1 aliphatic heterocycles. The average Bonchev–Trinajstić information content (AvgIpc) is 2.63. The SMILES string of the molecule is O=C(CBr)C1CCCN1C(=O)C(F)F. The second-order valence-corrected chi connectivity index (χ2v) is 3.65. The zero-order chi connectivity index (χ0) is 10.7. The highest BCUT2D eigenvalue weighted by molar-refractivity contribution is 9.09. The molecule has 1 saturated heterocycles. The summed E-state index contributed by atoms with van der Waals surface area (Å²) in [5.74, 6) is -1.45. The molecule has 6 heteroatoms. The first-order valence-electron chi connectivity index (χ1n) is 4.25. The zero-order valence-electron chi connectivity index (χ0n) is 7.38. The van der Waals surface area contributed by atoms with Crippen LogP contribution in [0, 0.1) is 0 Å². The minimum Gasteiger partial charge on any atom is -0.328 e.